The molecule has 1 unspecified atom stereocenters. The average molecular weight is 258 g/mol. The molecule has 0 aromatic heterocycles. The van der Waals surface area contributed by atoms with Gasteiger partial charge in [-0.05, 0) is 19.3 Å². The van der Waals surface area contributed by atoms with Crippen LogP contribution in [0.4, 0.5) is 0 Å². The fourth-order valence-electron chi connectivity index (χ4n) is 2.62. The minimum absolute atomic E-state index is 0.526. The molecule has 0 aromatic carbocycles. The highest BCUT2D eigenvalue weighted by molar-refractivity contribution is 4.75. The van der Waals surface area contributed by atoms with Gasteiger partial charge in [0.25, 0.3) is 0 Å². The van der Waals surface area contributed by atoms with Gasteiger partial charge in [-0.15, -0.1) is 0 Å². The van der Waals surface area contributed by atoms with Crippen LogP contribution in [0.2, 0.25) is 0 Å². The largest absolute Gasteiger partial charge is 0.383 e. The third-order valence-electron chi connectivity index (χ3n) is 3.80. The van der Waals surface area contributed by atoms with Crippen molar-refractivity contribution in [1.29, 1.82) is 0 Å². The van der Waals surface area contributed by atoms with Gasteiger partial charge in [-0.2, -0.15) is 0 Å². The fourth-order valence-corrected chi connectivity index (χ4v) is 2.62. The van der Waals surface area contributed by atoms with Crippen LogP contribution >= 0.6 is 0 Å². The number of rotatable bonds is 9. The summed E-state index contributed by atoms with van der Waals surface area (Å²) in [6, 6.07) is 1.21. The van der Waals surface area contributed by atoms with Crippen LogP contribution in [0.1, 0.15) is 33.1 Å². The van der Waals surface area contributed by atoms with E-state index in [1.807, 2.05) is 0 Å². The van der Waals surface area contributed by atoms with E-state index in [4.69, 9.17) is 9.47 Å². The first-order chi connectivity index (χ1) is 8.81. The lowest BCUT2D eigenvalue weighted by Gasteiger charge is -2.32. The Morgan fingerprint density at radius 2 is 2.11 bits per heavy atom. The lowest BCUT2D eigenvalue weighted by atomic mass is 10.1. The molecule has 0 saturated carbocycles. The maximum Gasteiger partial charge on any atom is 0.0620 e. The van der Waals surface area contributed by atoms with E-state index in [2.05, 4.69) is 24.1 Å². The monoisotopic (exact) mass is 258 g/mol. The molecule has 0 amide bonds. The van der Waals surface area contributed by atoms with Gasteiger partial charge in [0.15, 0.2) is 0 Å². The normalized spacial score (nSPS) is 20.8. The summed E-state index contributed by atoms with van der Waals surface area (Å²) in [5.41, 5.74) is 0. The molecule has 1 heterocycles. The van der Waals surface area contributed by atoms with Crippen molar-refractivity contribution in [3.05, 3.63) is 0 Å². The summed E-state index contributed by atoms with van der Waals surface area (Å²) in [7, 11) is 1.78. The van der Waals surface area contributed by atoms with Crippen molar-refractivity contribution in [1.82, 2.24) is 10.2 Å². The summed E-state index contributed by atoms with van der Waals surface area (Å²) in [6.07, 6.45) is 3.60. The number of nitrogens with zero attached hydrogens (tertiary/aromatic N) is 1. The van der Waals surface area contributed by atoms with Gasteiger partial charge in [0, 0.05) is 38.8 Å². The van der Waals surface area contributed by atoms with Crippen LogP contribution in [0, 0.1) is 0 Å². The first-order valence-electron chi connectivity index (χ1n) is 7.35. The van der Waals surface area contributed by atoms with Gasteiger partial charge in [0.1, 0.15) is 0 Å². The lowest BCUT2D eigenvalue weighted by Crippen LogP contribution is -2.45. The molecule has 108 valence electrons. The van der Waals surface area contributed by atoms with Crippen molar-refractivity contribution in [2.45, 2.75) is 45.2 Å². The summed E-state index contributed by atoms with van der Waals surface area (Å²) in [5.74, 6) is 0. The predicted octanol–water partition coefficient (Wildman–Crippen LogP) is 1.50. The average Bonchev–Trinajstić information content (AvgIpc) is 2.43. The van der Waals surface area contributed by atoms with Crippen molar-refractivity contribution in [3.63, 3.8) is 0 Å². The molecule has 0 aromatic rings. The molecule has 18 heavy (non-hydrogen) atoms. The molecule has 0 radical (unpaired) electrons. The van der Waals surface area contributed by atoms with Crippen LogP contribution in [0.5, 0.6) is 0 Å². The van der Waals surface area contributed by atoms with E-state index in [1.165, 1.54) is 19.3 Å². The third-order valence-corrected chi connectivity index (χ3v) is 3.80. The van der Waals surface area contributed by atoms with E-state index in [0.29, 0.717) is 12.1 Å². The summed E-state index contributed by atoms with van der Waals surface area (Å²) in [4.78, 5) is 2.57. The SMILES string of the molecule is CCC(CC)N(CCOC)CCC1COCCN1. The van der Waals surface area contributed by atoms with E-state index < -0.39 is 0 Å². The Hall–Kier alpha value is -0.160. The molecule has 4 heteroatoms. The standard InChI is InChI=1S/C14H30N2O2/c1-4-14(5-2)16(9-11-17-3)8-6-13-12-18-10-7-15-13/h13-15H,4-12H2,1-3H3. The zero-order valence-corrected chi connectivity index (χ0v) is 12.3. The van der Waals surface area contributed by atoms with Gasteiger partial charge in [0.05, 0.1) is 19.8 Å². The maximum absolute atomic E-state index is 5.50. The second-order valence-corrected chi connectivity index (χ2v) is 5.01. The number of hydrogen-bond acceptors (Lipinski definition) is 4. The molecular weight excluding hydrogens is 228 g/mol. The maximum atomic E-state index is 5.50. The summed E-state index contributed by atoms with van der Waals surface area (Å²) < 4.78 is 10.7. The van der Waals surface area contributed by atoms with Crippen molar-refractivity contribution >= 4 is 0 Å². The summed E-state index contributed by atoms with van der Waals surface area (Å²) >= 11 is 0. The van der Waals surface area contributed by atoms with Gasteiger partial charge in [-0.25, -0.2) is 0 Å². The van der Waals surface area contributed by atoms with Crippen LogP contribution in [0.15, 0.2) is 0 Å². The van der Waals surface area contributed by atoms with Crippen molar-refractivity contribution in [3.8, 4) is 0 Å². The van der Waals surface area contributed by atoms with E-state index in [9.17, 15) is 0 Å². The minimum atomic E-state index is 0.526. The first kappa shape index (κ1) is 15.9. The second-order valence-electron chi connectivity index (χ2n) is 5.01. The Morgan fingerprint density at radius 1 is 1.33 bits per heavy atom. The lowest BCUT2D eigenvalue weighted by molar-refractivity contribution is 0.0622. The number of nitrogens with one attached hydrogen (secondary N) is 1. The van der Waals surface area contributed by atoms with Crippen LogP contribution < -0.4 is 5.32 Å². The van der Waals surface area contributed by atoms with E-state index in [1.54, 1.807) is 7.11 Å². The number of methoxy groups -OCH3 is 1. The van der Waals surface area contributed by atoms with E-state index >= 15 is 0 Å². The highest BCUT2D eigenvalue weighted by Gasteiger charge is 2.18. The molecule has 0 spiro atoms. The van der Waals surface area contributed by atoms with Crippen molar-refractivity contribution in [2.24, 2.45) is 0 Å². The Balaban J connectivity index is 2.33. The molecule has 4 nitrogen and oxygen atoms in total. The smallest absolute Gasteiger partial charge is 0.0620 e. The van der Waals surface area contributed by atoms with Gasteiger partial charge in [-0.3, -0.25) is 4.90 Å². The van der Waals surface area contributed by atoms with Crippen LogP contribution in [0.25, 0.3) is 0 Å². The van der Waals surface area contributed by atoms with E-state index in [-0.39, 0.29) is 0 Å². The molecule has 0 aliphatic carbocycles. The third kappa shape index (κ3) is 5.65. The van der Waals surface area contributed by atoms with Gasteiger partial charge >= 0.3 is 0 Å². The van der Waals surface area contributed by atoms with Crippen LogP contribution in [-0.4, -0.2) is 63.5 Å². The van der Waals surface area contributed by atoms with E-state index in [0.717, 1.165) is 39.5 Å². The molecule has 1 rings (SSSR count). The Labute approximate surface area is 112 Å². The zero-order valence-electron chi connectivity index (χ0n) is 12.3. The van der Waals surface area contributed by atoms with Crippen molar-refractivity contribution < 1.29 is 9.47 Å². The summed E-state index contributed by atoms with van der Waals surface area (Å²) in [5, 5.41) is 3.52. The first-order valence-corrected chi connectivity index (χ1v) is 7.35. The molecular formula is C14H30N2O2. The van der Waals surface area contributed by atoms with Crippen molar-refractivity contribution in [2.75, 3.05) is 46.6 Å². The molecule has 0 bridgehead atoms. The van der Waals surface area contributed by atoms with Gasteiger partial charge in [-0.1, -0.05) is 13.8 Å². The Bertz CT molecular complexity index is 192. The second kappa shape index (κ2) is 9.73. The van der Waals surface area contributed by atoms with Crippen LogP contribution in [-0.2, 0) is 9.47 Å². The Morgan fingerprint density at radius 3 is 2.67 bits per heavy atom. The summed E-state index contributed by atoms with van der Waals surface area (Å²) in [6.45, 7) is 10.3. The minimum Gasteiger partial charge on any atom is -0.383 e. The topological polar surface area (TPSA) is 33.7 Å². The number of morpholine rings is 1. The number of hydrogen-bond donors (Lipinski definition) is 1. The highest BCUT2D eigenvalue weighted by Crippen LogP contribution is 2.10. The molecule has 1 aliphatic heterocycles. The molecule has 1 fully saturated rings. The fraction of sp³-hybridized carbons (Fsp3) is 1.00. The quantitative estimate of drug-likeness (QED) is 0.679. The molecule has 1 N–H and O–H groups in total. The highest BCUT2D eigenvalue weighted by atomic mass is 16.5. The molecule has 1 aliphatic rings. The number of ether oxygens (including phenoxy) is 2. The van der Waals surface area contributed by atoms with Gasteiger partial charge < -0.3 is 14.8 Å². The molecule has 1 saturated heterocycles. The Kier molecular flexibility index (Phi) is 8.59. The predicted molar refractivity (Wildman–Crippen MR) is 75.0 cm³/mol. The zero-order chi connectivity index (χ0) is 13.2. The van der Waals surface area contributed by atoms with Crippen LogP contribution in [0.3, 0.4) is 0 Å². The van der Waals surface area contributed by atoms with Gasteiger partial charge in [0.2, 0.25) is 0 Å². The molecule has 1 atom stereocenters.